The molecule has 8 N–H and O–H groups in total. The first-order valence-electron chi connectivity index (χ1n) is 23.0. The van der Waals surface area contributed by atoms with Crippen molar-refractivity contribution >= 4 is 85.3 Å². The van der Waals surface area contributed by atoms with E-state index in [0.717, 1.165) is 27.1 Å². The van der Waals surface area contributed by atoms with Gasteiger partial charge in [-0.3, -0.25) is 44.4 Å². The second-order valence-corrected chi connectivity index (χ2v) is 16.3. The molecule has 0 aliphatic carbocycles. The number of carbonyl (C=O) groups is 6. The fourth-order valence-corrected chi connectivity index (χ4v) is 7.69. The molecule has 0 spiro atoms. The first-order chi connectivity index (χ1) is 34.1. The molecule has 17 heteroatoms. The van der Waals surface area contributed by atoms with Crippen LogP contribution in [-0.4, -0.2) is 62.1 Å². The van der Waals surface area contributed by atoms with Crippen molar-refractivity contribution in [2.75, 3.05) is 16.0 Å². The molecule has 1 atom stereocenters. The Balaban J connectivity index is 0.000000230. The fraction of sp³-hybridized carbons (Fsp3) is 0.245. The van der Waals surface area contributed by atoms with Crippen LogP contribution in [0.15, 0.2) is 146 Å². The number of carbonyl (C=O) groups excluding carboxylic acids is 6. The molecular weight excluding hydrogens is 893 g/mol. The zero-order valence-electron chi connectivity index (χ0n) is 38.4. The molecule has 0 aliphatic heterocycles. The maximum atomic E-state index is 13.4. The normalized spacial score (nSPS) is 11.2. The molecular formula is C53H56N8O9. The minimum Gasteiger partial charge on any atom is -0.445 e. The number of hydrogen-bond acceptors (Lipinski definition) is 11. The SMILES string of the molecule is O=C(CCCCCC(C(=O)Nc1cccc2cccnc12)C(=O)Nc1cccc2cccnc12)NO.O=C(CCCCC[C@H](NC(=O)OCc1ccccc1)C(=O)Nc1cccc2ccccc12)NO. The minimum absolute atomic E-state index is 0.0978. The lowest BCUT2D eigenvalue weighted by molar-refractivity contribution is -0.131. The van der Waals surface area contributed by atoms with E-state index in [4.69, 9.17) is 15.2 Å². The minimum atomic E-state index is -0.977. The van der Waals surface area contributed by atoms with E-state index in [-0.39, 0.29) is 31.8 Å². The van der Waals surface area contributed by atoms with Crippen molar-refractivity contribution in [1.82, 2.24) is 26.2 Å². The number of anilines is 3. The lowest BCUT2D eigenvalue weighted by Gasteiger charge is -2.19. The molecule has 0 unspecified atom stereocenters. The zero-order chi connectivity index (χ0) is 49.5. The van der Waals surface area contributed by atoms with Gasteiger partial charge < -0.3 is 26.0 Å². The molecule has 5 aromatic carbocycles. The van der Waals surface area contributed by atoms with Gasteiger partial charge in [0.15, 0.2) is 0 Å². The van der Waals surface area contributed by atoms with Crippen molar-refractivity contribution in [2.45, 2.75) is 76.9 Å². The Labute approximate surface area is 404 Å². The van der Waals surface area contributed by atoms with Gasteiger partial charge in [0.2, 0.25) is 29.5 Å². The third-order valence-corrected chi connectivity index (χ3v) is 11.3. The second kappa shape index (κ2) is 26.9. The molecule has 0 bridgehead atoms. The molecule has 0 fully saturated rings. The predicted molar refractivity (Wildman–Crippen MR) is 266 cm³/mol. The molecule has 2 aromatic heterocycles. The molecule has 7 aromatic rings. The van der Waals surface area contributed by atoms with Gasteiger partial charge in [-0.15, -0.1) is 0 Å². The van der Waals surface area contributed by atoms with Crippen LogP contribution in [0.1, 0.15) is 69.8 Å². The van der Waals surface area contributed by atoms with Crippen LogP contribution in [0.4, 0.5) is 21.9 Å². The summed E-state index contributed by atoms with van der Waals surface area (Å²) >= 11 is 0. The smallest absolute Gasteiger partial charge is 0.408 e. The Kier molecular flexibility index (Phi) is 19.6. The number of aromatic nitrogens is 2. The quantitative estimate of drug-likeness (QED) is 0.0146. The van der Waals surface area contributed by atoms with E-state index >= 15 is 0 Å². The second-order valence-electron chi connectivity index (χ2n) is 16.3. The highest BCUT2D eigenvalue weighted by Gasteiger charge is 2.28. The standard InChI is InChI=1S/C27H27N5O4.C26H29N3O5/c33-23(32-36)15-3-1-2-12-20(26(34)30-21-13-4-8-18-10-6-16-28-24(18)21)27(35)31-22-14-5-9-19-11-7-17-29-25(19)22;30-24(29-33)17-6-2-5-15-23(28-26(32)34-18-19-10-3-1-4-11-19)25(31)27-22-16-9-13-20-12-7-8-14-21(20)22/h4-11,13-14,16-17,20,36H,1-3,12,15H2,(H,30,34)(H,31,35)(H,32,33);1,3-4,7-14,16,23,33H,2,5-6,15,17-18H2,(H,27,31)(H,28,32)(H,29,30)/t;23-/m.0/s1. The van der Waals surface area contributed by atoms with Gasteiger partial charge in [0.1, 0.15) is 18.6 Å². The van der Waals surface area contributed by atoms with Crippen molar-refractivity contribution in [2.24, 2.45) is 5.92 Å². The third-order valence-electron chi connectivity index (χ3n) is 11.3. The number of hydrogen-bond donors (Lipinski definition) is 8. The number of nitrogens with one attached hydrogen (secondary N) is 6. The molecule has 70 heavy (non-hydrogen) atoms. The summed E-state index contributed by atoms with van der Waals surface area (Å²) in [6.45, 7) is 0.0978. The summed E-state index contributed by atoms with van der Waals surface area (Å²) in [5.41, 5.74) is 7.05. The van der Waals surface area contributed by atoms with Gasteiger partial charge >= 0.3 is 6.09 Å². The highest BCUT2D eigenvalue weighted by atomic mass is 16.5. The largest absolute Gasteiger partial charge is 0.445 e. The molecule has 0 radical (unpaired) electrons. The van der Waals surface area contributed by atoms with Crippen molar-refractivity contribution in [3.05, 3.63) is 151 Å². The van der Waals surface area contributed by atoms with E-state index in [0.29, 0.717) is 73.0 Å². The van der Waals surface area contributed by atoms with Gasteiger partial charge in [0.05, 0.1) is 22.4 Å². The summed E-state index contributed by atoms with van der Waals surface area (Å²) < 4.78 is 5.29. The van der Waals surface area contributed by atoms with Crippen molar-refractivity contribution in [1.29, 1.82) is 0 Å². The number of para-hydroxylation sites is 2. The number of nitrogens with zero attached hydrogens (tertiary/aromatic N) is 2. The number of ether oxygens (including phenoxy) is 1. The van der Waals surface area contributed by atoms with E-state index in [2.05, 4.69) is 31.2 Å². The molecule has 6 amide bonds. The van der Waals surface area contributed by atoms with Crippen LogP contribution in [0.2, 0.25) is 0 Å². The van der Waals surface area contributed by atoms with Crippen LogP contribution >= 0.6 is 0 Å². The topological polar surface area (TPSA) is 250 Å². The van der Waals surface area contributed by atoms with Crippen LogP contribution in [0.25, 0.3) is 32.6 Å². The number of pyridine rings is 2. The van der Waals surface area contributed by atoms with Gasteiger partial charge in [0.25, 0.3) is 0 Å². The molecule has 2 heterocycles. The first-order valence-corrected chi connectivity index (χ1v) is 23.0. The number of alkyl carbamates (subject to hydrolysis) is 1. The summed E-state index contributed by atoms with van der Waals surface area (Å²) in [5.74, 6) is -3.11. The van der Waals surface area contributed by atoms with Gasteiger partial charge in [-0.05, 0) is 67.0 Å². The van der Waals surface area contributed by atoms with Gasteiger partial charge in [0, 0.05) is 47.1 Å². The Hall–Kier alpha value is -8.28. The predicted octanol–water partition coefficient (Wildman–Crippen LogP) is 8.96. The summed E-state index contributed by atoms with van der Waals surface area (Å²) in [6.07, 6.45) is 7.16. The maximum Gasteiger partial charge on any atom is 0.408 e. The number of fused-ring (bicyclic) bond motifs is 3. The molecule has 0 saturated carbocycles. The van der Waals surface area contributed by atoms with Crippen LogP contribution in [-0.2, 0) is 35.3 Å². The van der Waals surface area contributed by atoms with E-state index < -0.39 is 41.7 Å². The van der Waals surface area contributed by atoms with E-state index in [1.54, 1.807) is 35.5 Å². The number of amides is 6. The number of rotatable bonds is 21. The lowest BCUT2D eigenvalue weighted by atomic mass is 9.98. The van der Waals surface area contributed by atoms with E-state index in [9.17, 15) is 28.8 Å². The molecule has 0 aliphatic rings. The Bertz CT molecular complexity index is 2770. The van der Waals surface area contributed by atoms with E-state index in [1.807, 2.05) is 121 Å². The van der Waals surface area contributed by atoms with Crippen LogP contribution in [0.3, 0.4) is 0 Å². The lowest BCUT2D eigenvalue weighted by Crippen LogP contribution is -2.44. The highest BCUT2D eigenvalue weighted by Crippen LogP contribution is 2.26. The Morgan fingerprint density at radius 3 is 1.56 bits per heavy atom. The zero-order valence-corrected chi connectivity index (χ0v) is 38.4. The molecule has 7 rings (SSSR count). The number of unbranched alkanes of at least 4 members (excludes halogenated alkanes) is 4. The van der Waals surface area contributed by atoms with Crippen molar-refractivity contribution in [3.8, 4) is 0 Å². The molecule has 0 saturated heterocycles. The summed E-state index contributed by atoms with van der Waals surface area (Å²) in [4.78, 5) is 83.4. The van der Waals surface area contributed by atoms with Crippen LogP contribution in [0.5, 0.6) is 0 Å². The third kappa shape index (κ3) is 15.4. The number of hydroxylamine groups is 2. The molecule has 17 nitrogen and oxygen atoms in total. The average molecular weight is 949 g/mol. The van der Waals surface area contributed by atoms with Crippen molar-refractivity contribution < 1.29 is 43.9 Å². The maximum absolute atomic E-state index is 13.4. The first kappa shape index (κ1) is 51.1. The number of benzene rings is 5. The Morgan fingerprint density at radius 2 is 0.971 bits per heavy atom. The van der Waals surface area contributed by atoms with Crippen LogP contribution in [0, 0.1) is 5.92 Å². The Morgan fingerprint density at radius 1 is 0.486 bits per heavy atom. The summed E-state index contributed by atoms with van der Waals surface area (Å²) in [6, 6.07) is 40.2. The summed E-state index contributed by atoms with van der Waals surface area (Å²) in [7, 11) is 0. The average Bonchev–Trinajstić information content (AvgIpc) is 3.39. The summed E-state index contributed by atoms with van der Waals surface area (Å²) in [5, 5.41) is 32.2. The fourth-order valence-electron chi connectivity index (χ4n) is 7.69. The van der Waals surface area contributed by atoms with Crippen LogP contribution < -0.4 is 32.2 Å². The van der Waals surface area contributed by atoms with Gasteiger partial charge in [-0.2, -0.15) is 0 Å². The van der Waals surface area contributed by atoms with Gasteiger partial charge in [-0.1, -0.05) is 129 Å². The van der Waals surface area contributed by atoms with Gasteiger partial charge in [-0.25, -0.2) is 15.8 Å². The molecule has 362 valence electrons. The van der Waals surface area contributed by atoms with Crippen molar-refractivity contribution in [3.63, 3.8) is 0 Å². The monoisotopic (exact) mass is 948 g/mol. The highest BCUT2D eigenvalue weighted by molar-refractivity contribution is 6.14. The van der Waals surface area contributed by atoms with E-state index in [1.165, 1.54) is 0 Å².